The van der Waals surface area contributed by atoms with Crippen LogP contribution in [0.4, 0.5) is 0 Å². The van der Waals surface area contributed by atoms with Crippen LogP contribution in [0.15, 0.2) is 11.7 Å². The Kier molecular flexibility index (Phi) is 6.60. The first-order chi connectivity index (χ1) is 10.2. The van der Waals surface area contributed by atoms with Crippen molar-refractivity contribution in [3.63, 3.8) is 0 Å². The van der Waals surface area contributed by atoms with Gasteiger partial charge in [-0.15, -0.1) is 11.3 Å². The van der Waals surface area contributed by atoms with Crippen molar-refractivity contribution in [2.45, 2.75) is 20.3 Å². The Morgan fingerprint density at radius 3 is 2.52 bits per heavy atom. The second kappa shape index (κ2) is 8.46. The summed E-state index contributed by atoms with van der Waals surface area (Å²) in [6.07, 6.45) is 2.67. The van der Waals surface area contributed by atoms with Gasteiger partial charge in [-0.2, -0.15) is 0 Å². The lowest BCUT2D eigenvalue weighted by Crippen LogP contribution is -2.48. The minimum Gasteiger partial charge on any atom is -0.337 e. The molecule has 0 saturated carbocycles. The minimum atomic E-state index is 0.131. The molecular weight excluding hydrogens is 284 g/mol. The van der Waals surface area contributed by atoms with Crippen molar-refractivity contribution < 1.29 is 4.79 Å². The van der Waals surface area contributed by atoms with Crippen molar-refractivity contribution in [1.82, 2.24) is 19.7 Å². The molecule has 0 bridgehead atoms. The number of thiazole rings is 1. The van der Waals surface area contributed by atoms with Crippen LogP contribution in [0, 0.1) is 0 Å². The number of amides is 1. The molecule has 0 atom stereocenters. The van der Waals surface area contributed by atoms with Gasteiger partial charge < -0.3 is 9.80 Å². The van der Waals surface area contributed by atoms with E-state index in [0.29, 0.717) is 0 Å². The van der Waals surface area contributed by atoms with Crippen LogP contribution in [-0.4, -0.2) is 77.9 Å². The van der Waals surface area contributed by atoms with Crippen molar-refractivity contribution in [1.29, 1.82) is 0 Å². The van der Waals surface area contributed by atoms with Crippen LogP contribution >= 0.6 is 11.3 Å². The fourth-order valence-electron chi connectivity index (χ4n) is 2.65. The lowest BCUT2D eigenvalue weighted by atomic mass is 10.3. The highest BCUT2D eigenvalue weighted by Gasteiger charge is 2.19. The van der Waals surface area contributed by atoms with E-state index in [2.05, 4.69) is 28.6 Å². The summed E-state index contributed by atoms with van der Waals surface area (Å²) in [7, 11) is 0. The fraction of sp³-hybridized carbons (Fsp3) is 0.733. The third-order valence-corrected chi connectivity index (χ3v) is 4.78. The second-order valence-corrected chi connectivity index (χ2v) is 6.32. The first-order valence-corrected chi connectivity index (χ1v) is 8.75. The molecule has 0 aromatic carbocycles. The number of aromatic nitrogens is 1. The fourth-order valence-corrected chi connectivity index (χ4v) is 3.24. The van der Waals surface area contributed by atoms with Crippen molar-refractivity contribution >= 4 is 17.2 Å². The van der Waals surface area contributed by atoms with Crippen LogP contribution in [0.3, 0.4) is 0 Å². The van der Waals surface area contributed by atoms with Crippen LogP contribution in [-0.2, 0) is 0 Å². The molecule has 0 radical (unpaired) electrons. The number of carbonyl (C=O) groups excluding carboxylic acids is 1. The van der Waals surface area contributed by atoms with E-state index >= 15 is 0 Å². The Morgan fingerprint density at radius 2 is 1.95 bits per heavy atom. The Morgan fingerprint density at radius 1 is 1.24 bits per heavy atom. The molecule has 1 saturated heterocycles. The molecule has 1 aromatic rings. The van der Waals surface area contributed by atoms with E-state index in [1.807, 2.05) is 4.90 Å². The van der Waals surface area contributed by atoms with E-state index in [4.69, 9.17) is 0 Å². The first-order valence-electron chi connectivity index (χ1n) is 7.87. The summed E-state index contributed by atoms with van der Waals surface area (Å²) in [5.74, 6) is 0.131. The third-order valence-electron chi connectivity index (χ3n) is 4.02. The number of nitrogens with zero attached hydrogens (tertiary/aromatic N) is 4. The van der Waals surface area contributed by atoms with Crippen molar-refractivity contribution in [3.8, 4) is 0 Å². The second-order valence-electron chi connectivity index (χ2n) is 5.43. The topological polar surface area (TPSA) is 39.7 Å². The standard InChI is InChI=1S/C15H26N4OS/c1-3-5-19(15(20)14-12-16-13-21-14)11-10-18-8-6-17(4-2)7-9-18/h12-13H,3-11H2,1-2H3. The molecule has 2 heterocycles. The van der Waals surface area contributed by atoms with Gasteiger partial charge in [0.25, 0.3) is 5.91 Å². The molecule has 1 fully saturated rings. The highest BCUT2D eigenvalue weighted by Crippen LogP contribution is 2.11. The van der Waals surface area contributed by atoms with Crippen molar-refractivity contribution in [2.75, 3.05) is 52.4 Å². The SMILES string of the molecule is CCCN(CCN1CCN(CC)CC1)C(=O)c1cncs1. The van der Waals surface area contributed by atoms with Gasteiger partial charge in [0, 0.05) is 45.8 Å². The van der Waals surface area contributed by atoms with Gasteiger partial charge in [-0.3, -0.25) is 14.7 Å². The molecule has 1 aliphatic heterocycles. The highest BCUT2D eigenvalue weighted by molar-refractivity contribution is 7.11. The summed E-state index contributed by atoms with van der Waals surface area (Å²) < 4.78 is 0. The number of likely N-dealkylation sites (N-methyl/N-ethyl adjacent to an activating group) is 1. The molecule has 1 aliphatic rings. The molecule has 2 rings (SSSR count). The number of carbonyl (C=O) groups is 1. The molecule has 21 heavy (non-hydrogen) atoms. The average molecular weight is 310 g/mol. The Balaban J connectivity index is 1.82. The third kappa shape index (κ3) is 4.76. The summed E-state index contributed by atoms with van der Waals surface area (Å²) in [6.45, 7) is 12.6. The average Bonchev–Trinajstić information content (AvgIpc) is 3.05. The highest BCUT2D eigenvalue weighted by atomic mass is 32.1. The molecule has 6 heteroatoms. The van der Waals surface area contributed by atoms with E-state index in [-0.39, 0.29) is 5.91 Å². The number of hydrogen-bond donors (Lipinski definition) is 0. The van der Waals surface area contributed by atoms with Gasteiger partial charge in [0.15, 0.2) is 0 Å². The molecule has 5 nitrogen and oxygen atoms in total. The lowest BCUT2D eigenvalue weighted by molar-refractivity contribution is 0.0713. The summed E-state index contributed by atoms with van der Waals surface area (Å²) >= 11 is 1.43. The zero-order valence-corrected chi connectivity index (χ0v) is 13.9. The number of piperazine rings is 1. The van der Waals surface area contributed by atoms with Crippen LogP contribution in [0.5, 0.6) is 0 Å². The monoisotopic (exact) mass is 310 g/mol. The zero-order valence-electron chi connectivity index (χ0n) is 13.1. The van der Waals surface area contributed by atoms with Gasteiger partial charge in [-0.1, -0.05) is 13.8 Å². The van der Waals surface area contributed by atoms with Crippen LogP contribution in [0.25, 0.3) is 0 Å². The molecule has 1 aromatic heterocycles. The van der Waals surface area contributed by atoms with Gasteiger partial charge in [-0.25, -0.2) is 0 Å². The lowest BCUT2D eigenvalue weighted by Gasteiger charge is -2.35. The van der Waals surface area contributed by atoms with E-state index in [9.17, 15) is 4.79 Å². The van der Waals surface area contributed by atoms with E-state index in [1.165, 1.54) is 11.3 Å². The summed E-state index contributed by atoms with van der Waals surface area (Å²) in [4.78, 5) is 24.1. The number of rotatable bonds is 7. The Hall–Kier alpha value is -0.980. The van der Waals surface area contributed by atoms with Crippen LogP contribution < -0.4 is 0 Å². The van der Waals surface area contributed by atoms with Crippen molar-refractivity contribution in [2.24, 2.45) is 0 Å². The molecule has 0 unspecified atom stereocenters. The normalized spacial score (nSPS) is 17.0. The van der Waals surface area contributed by atoms with Gasteiger partial charge in [0.05, 0.1) is 11.7 Å². The Labute approximate surface area is 131 Å². The van der Waals surface area contributed by atoms with E-state index in [1.54, 1.807) is 11.7 Å². The van der Waals surface area contributed by atoms with E-state index < -0.39 is 0 Å². The molecular formula is C15H26N4OS. The largest absolute Gasteiger partial charge is 0.337 e. The summed E-state index contributed by atoms with van der Waals surface area (Å²) in [5.41, 5.74) is 1.72. The van der Waals surface area contributed by atoms with Gasteiger partial charge in [0.2, 0.25) is 0 Å². The maximum absolute atomic E-state index is 12.4. The zero-order chi connectivity index (χ0) is 15.1. The van der Waals surface area contributed by atoms with Crippen LogP contribution in [0.2, 0.25) is 0 Å². The Bertz CT molecular complexity index is 415. The molecule has 0 N–H and O–H groups in total. The molecule has 1 amide bonds. The van der Waals surface area contributed by atoms with Gasteiger partial charge >= 0.3 is 0 Å². The maximum atomic E-state index is 12.4. The predicted octanol–water partition coefficient (Wildman–Crippen LogP) is 1.63. The van der Waals surface area contributed by atoms with Gasteiger partial charge in [-0.05, 0) is 13.0 Å². The molecule has 118 valence electrons. The quantitative estimate of drug-likeness (QED) is 0.767. The molecule has 0 spiro atoms. The maximum Gasteiger partial charge on any atom is 0.265 e. The summed E-state index contributed by atoms with van der Waals surface area (Å²) in [6, 6.07) is 0. The molecule has 0 aliphatic carbocycles. The van der Waals surface area contributed by atoms with Crippen LogP contribution in [0.1, 0.15) is 29.9 Å². The smallest absolute Gasteiger partial charge is 0.265 e. The van der Waals surface area contributed by atoms with Gasteiger partial charge in [0.1, 0.15) is 4.88 Å². The number of hydrogen-bond acceptors (Lipinski definition) is 5. The minimum absolute atomic E-state index is 0.131. The summed E-state index contributed by atoms with van der Waals surface area (Å²) in [5, 5.41) is 0. The first kappa shape index (κ1) is 16.4. The predicted molar refractivity (Wildman–Crippen MR) is 86.9 cm³/mol. The van der Waals surface area contributed by atoms with E-state index in [0.717, 1.165) is 63.7 Å². The van der Waals surface area contributed by atoms with Crippen molar-refractivity contribution in [3.05, 3.63) is 16.6 Å².